The van der Waals surface area contributed by atoms with Crippen molar-refractivity contribution in [2.24, 2.45) is 0 Å². The van der Waals surface area contributed by atoms with E-state index in [4.69, 9.17) is 5.11 Å². The van der Waals surface area contributed by atoms with Gasteiger partial charge in [0.25, 0.3) is 0 Å². The Bertz CT molecular complexity index is 336. The number of hydrogen-bond acceptors (Lipinski definition) is 4. The molecule has 70 valence electrons. The van der Waals surface area contributed by atoms with Gasteiger partial charge in [0.1, 0.15) is 6.54 Å². The van der Waals surface area contributed by atoms with Crippen LogP contribution in [0, 0.1) is 0 Å². The number of aliphatic carboxylic acids is 1. The molecule has 2 rings (SSSR count). The zero-order chi connectivity index (χ0) is 9.26. The summed E-state index contributed by atoms with van der Waals surface area (Å²) < 4.78 is 1.48. The molecule has 1 aromatic heterocycles. The van der Waals surface area contributed by atoms with E-state index >= 15 is 0 Å². The molecule has 0 aliphatic carbocycles. The van der Waals surface area contributed by atoms with E-state index in [-0.39, 0.29) is 6.54 Å². The van der Waals surface area contributed by atoms with Gasteiger partial charge >= 0.3 is 5.97 Å². The van der Waals surface area contributed by atoms with Crippen molar-refractivity contribution in [2.75, 3.05) is 5.75 Å². The van der Waals surface area contributed by atoms with Crippen LogP contribution >= 0.6 is 11.8 Å². The number of carboxylic acid groups (broad SMARTS) is 1. The minimum atomic E-state index is -0.870. The highest BCUT2D eigenvalue weighted by atomic mass is 32.2. The summed E-state index contributed by atoms with van der Waals surface area (Å²) in [5, 5.41) is 16.3. The van der Waals surface area contributed by atoms with Gasteiger partial charge in [0.15, 0.2) is 0 Å². The maximum absolute atomic E-state index is 10.5. The first-order valence-electron chi connectivity index (χ1n) is 3.98. The first kappa shape index (κ1) is 8.55. The van der Waals surface area contributed by atoms with Crippen molar-refractivity contribution in [1.29, 1.82) is 0 Å². The summed E-state index contributed by atoms with van der Waals surface area (Å²) in [6, 6.07) is 0. The first-order chi connectivity index (χ1) is 6.27. The van der Waals surface area contributed by atoms with Crippen molar-refractivity contribution in [3.63, 3.8) is 0 Å². The second kappa shape index (κ2) is 3.37. The number of carbonyl (C=O) groups is 1. The monoisotopic (exact) mass is 199 g/mol. The molecule has 1 N–H and O–H groups in total. The van der Waals surface area contributed by atoms with Crippen molar-refractivity contribution in [3.05, 3.63) is 11.4 Å². The van der Waals surface area contributed by atoms with Gasteiger partial charge in [-0.3, -0.25) is 4.79 Å². The predicted molar refractivity (Wildman–Crippen MR) is 47.5 cm³/mol. The van der Waals surface area contributed by atoms with Gasteiger partial charge < -0.3 is 5.11 Å². The third kappa shape index (κ3) is 1.67. The lowest BCUT2D eigenvalue weighted by atomic mass is 10.2. The minimum absolute atomic E-state index is 0.0764. The van der Waals surface area contributed by atoms with Gasteiger partial charge in [-0.05, 0) is 5.75 Å². The maximum Gasteiger partial charge on any atom is 0.325 e. The van der Waals surface area contributed by atoms with E-state index in [0.717, 1.165) is 29.3 Å². The van der Waals surface area contributed by atoms with Crippen LogP contribution in [0.2, 0.25) is 0 Å². The van der Waals surface area contributed by atoms with E-state index in [0.29, 0.717) is 0 Å². The molecule has 1 aliphatic rings. The number of thioether (sulfide) groups is 1. The molecule has 6 heteroatoms. The topological polar surface area (TPSA) is 68.0 Å². The second-order valence-electron chi connectivity index (χ2n) is 2.84. The molecule has 0 spiro atoms. The Hall–Kier alpha value is -1.04. The molecular weight excluding hydrogens is 190 g/mol. The molecular formula is C7H9N3O2S. The van der Waals surface area contributed by atoms with Gasteiger partial charge in [0, 0.05) is 12.2 Å². The van der Waals surface area contributed by atoms with Crippen LogP contribution < -0.4 is 0 Å². The van der Waals surface area contributed by atoms with Crippen molar-refractivity contribution >= 4 is 17.7 Å². The highest BCUT2D eigenvalue weighted by Gasteiger charge is 2.17. The Labute approximate surface area is 79.1 Å². The molecule has 0 radical (unpaired) electrons. The Morgan fingerprint density at radius 3 is 3.31 bits per heavy atom. The van der Waals surface area contributed by atoms with Gasteiger partial charge in [0.2, 0.25) is 0 Å². The van der Waals surface area contributed by atoms with E-state index in [1.165, 1.54) is 4.68 Å². The zero-order valence-electron chi connectivity index (χ0n) is 6.93. The molecule has 1 aliphatic heterocycles. The first-order valence-corrected chi connectivity index (χ1v) is 5.13. The largest absolute Gasteiger partial charge is 0.480 e. The normalized spacial score (nSPS) is 15.4. The highest BCUT2D eigenvalue weighted by Crippen LogP contribution is 2.21. The Balaban J connectivity index is 2.26. The third-order valence-corrected chi connectivity index (χ3v) is 2.90. The van der Waals surface area contributed by atoms with Gasteiger partial charge in [-0.25, -0.2) is 4.68 Å². The number of rotatable bonds is 2. The van der Waals surface area contributed by atoms with E-state index in [1.807, 2.05) is 0 Å². The summed E-state index contributed by atoms with van der Waals surface area (Å²) in [6.07, 6.45) is 0.875. The number of aromatic nitrogens is 3. The number of nitrogens with zero attached hydrogens (tertiary/aromatic N) is 3. The van der Waals surface area contributed by atoms with Crippen molar-refractivity contribution in [3.8, 4) is 0 Å². The van der Waals surface area contributed by atoms with Crippen LogP contribution in [0.4, 0.5) is 0 Å². The quantitative estimate of drug-likeness (QED) is 0.734. The van der Waals surface area contributed by atoms with Crippen LogP contribution in [0.1, 0.15) is 11.4 Å². The van der Waals surface area contributed by atoms with Gasteiger partial charge in [0.05, 0.1) is 11.4 Å². The van der Waals surface area contributed by atoms with Crippen LogP contribution in [0.3, 0.4) is 0 Å². The van der Waals surface area contributed by atoms with Crippen LogP contribution in [0.15, 0.2) is 0 Å². The van der Waals surface area contributed by atoms with E-state index in [9.17, 15) is 4.79 Å². The summed E-state index contributed by atoms with van der Waals surface area (Å²) in [7, 11) is 0. The molecule has 0 atom stereocenters. The Kier molecular flexibility index (Phi) is 2.22. The Morgan fingerprint density at radius 1 is 1.69 bits per heavy atom. The molecule has 1 aromatic rings. The average Bonchev–Trinajstić information content (AvgIpc) is 2.48. The smallest absolute Gasteiger partial charge is 0.325 e. The molecule has 0 aromatic carbocycles. The van der Waals surface area contributed by atoms with Gasteiger partial charge in [-0.2, -0.15) is 11.8 Å². The van der Waals surface area contributed by atoms with Gasteiger partial charge in [-0.1, -0.05) is 5.21 Å². The van der Waals surface area contributed by atoms with E-state index < -0.39 is 5.97 Å². The van der Waals surface area contributed by atoms with Crippen LogP contribution in [0.5, 0.6) is 0 Å². The molecule has 0 amide bonds. The summed E-state index contributed by atoms with van der Waals surface area (Å²) in [5.41, 5.74) is 1.93. The summed E-state index contributed by atoms with van der Waals surface area (Å²) >= 11 is 1.81. The van der Waals surface area contributed by atoms with E-state index in [1.54, 1.807) is 11.8 Å². The lowest BCUT2D eigenvalue weighted by molar-refractivity contribution is -0.137. The highest BCUT2D eigenvalue weighted by molar-refractivity contribution is 7.98. The van der Waals surface area contributed by atoms with Crippen molar-refractivity contribution in [2.45, 2.75) is 18.7 Å². The fourth-order valence-electron chi connectivity index (χ4n) is 1.35. The van der Waals surface area contributed by atoms with Crippen LogP contribution in [-0.2, 0) is 23.5 Å². The molecule has 0 fully saturated rings. The number of hydrogen-bond donors (Lipinski definition) is 1. The summed E-state index contributed by atoms with van der Waals surface area (Å²) in [6.45, 7) is -0.0764. The molecule has 0 bridgehead atoms. The maximum atomic E-state index is 10.5. The fraction of sp³-hybridized carbons (Fsp3) is 0.571. The number of fused-ring (bicyclic) bond motifs is 1. The van der Waals surface area contributed by atoms with E-state index in [2.05, 4.69) is 10.3 Å². The van der Waals surface area contributed by atoms with Crippen molar-refractivity contribution in [1.82, 2.24) is 15.0 Å². The molecule has 13 heavy (non-hydrogen) atoms. The molecule has 5 nitrogen and oxygen atoms in total. The SMILES string of the molecule is O=C(O)Cn1nnc2c1CCSC2. The summed E-state index contributed by atoms with van der Waals surface area (Å²) in [4.78, 5) is 10.5. The summed E-state index contributed by atoms with van der Waals surface area (Å²) in [5.74, 6) is 1.01. The fourth-order valence-corrected chi connectivity index (χ4v) is 2.25. The zero-order valence-corrected chi connectivity index (χ0v) is 7.75. The lowest BCUT2D eigenvalue weighted by Gasteiger charge is -2.10. The molecule has 2 heterocycles. The van der Waals surface area contributed by atoms with Crippen molar-refractivity contribution < 1.29 is 9.90 Å². The Morgan fingerprint density at radius 2 is 2.54 bits per heavy atom. The number of carboxylic acids is 1. The third-order valence-electron chi connectivity index (χ3n) is 1.93. The van der Waals surface area contributed by atoms with Crippen LogP contribution in [0.25, 0.3) is 0 Å². The predicted octanol–water partition coefficient (Wildman–Crippen LogP) is 0.152. The minimum Gasteiger partial charge on any atom is -0.480 e. The average molecular weight is 199 g/mol. The lowest BCUT2D eigenvalue weighted by Crippen LogP contribution is -2.15. The van der Waals surface area contributed by atoms with Crippen LogP contribution in [-0.4, -0.2) is 31.8 Å². The molecule has 0 saturated carbocycles. The molecule has 0 saturated heterocycles. The second-order valence-corrected chi connectivity index (χ2v) is 3.94. The van der Waals surface area contributed by atoms with Gasteiger partial charge in [-0.15, -0.1) is 5.10 Å². The molecule has 0 unspecified atom stereocenters. The standard InChI is InChI=1S/C7H9N3O2S/c11-7(12)3-10-6-1-2-13-4-5(6)8-9-10/h1-4H2,(H,11,12).